The third kappa shape index (κ3) is 1.89. The van der Waals surface area contributed by atoms with Crippen LogP contribution in [0.2, 0.25) is 0 Å². The summed E-state index contributed by atoms with van der Waals surface area (Å²) < 4.78 is 0. The number of hydrogen-bond donors (Lipinski definition) is 0. The first kappa shape index (κ1) is 9.51. The summed E-state index contributed by atoms with van der Waals surface area (Å²) in [7, 11) is 0. The van der Waals surface area contributed by atoms with E-state index in [1.54, 1.807) is 0 Å². The van der Waals surface area contributed by atoms with E-state index < -0.39 is 0 Å². The summed E-state index contributed by atoms with van der Waals surface area (Å²) in [5, 5.41) is 0. The minimum absolute atomic E-state index is 0.733. The van der Waals surface area contributed by atoms with Gasteiger partial charge in [0, 0.05) is 9.65 Å². The van der Waals surface area contributed by atoms with Crippen molar-refractivity contribution in [2.24, 2.45) is 11.8 Å². The Bertz CT molecular complexity index is 140. The smallest absolute Gasteiger partial charge is 0.0273 e. The Morgan fingerprint density at radius 1 is 0.750 bits per heavy atom. The number of rotatable bonds is 0. The lowest BCUT2D eigenvalue weighted by Gasteiger charge is -2.40. The van der Waals surface area contributed by atoms with Gasteiger partial charge in [0.15, 0.2) is 0 Å². The quantitative estimate of drug-likeness (QED) is 0.590. The molecular formula is C10H16Br2. The molecule has 0 aromatic heterocycles. The molecule has 0 N–H and O–H groups in total. The second kappa shape index (κ2) is 4.00. The van der Waals surface area contributed by atoms with Gasteiger partial charge in [0.1, 0.15) is 0 Å². The van der Waals surface area contributed by atoms with Crippen LogP contribution in [0.25, 0.3) is 0 Å². The minimum atomic E-state index is 0.733. The van der Waals surface area contributed by atoms with E-state index in [2.05, 4.69) is 31.9 Å². The lowest BCUT2D eigenvalue weighted by Crippen LogP contribution is -2.34. The fourth-order valence-corrected chi connectivity index (χ4v) is 4.17. The van der Waals surface area contributed by atoms with Crippen LogP contribution in [0.15, 0.2) is 0 Å². The van der Waals surface area contributed by atoms with Crippen LogP contribution in [-0.4, -0.2) is 9.65 Å². The van der Waals surface area contributed by atoms with Crippen LogP contribution in [-0.2, 0) is 0 Å². The molecule has 0 heterocycles. The molecule has 0 bridgehead atoms. The van der Waals surface area contributed by atoms with E-state index in [4.69, 9.17) is 0 Å². The summed E-state index contributed by atoms with van der Waals surface area (Å²) in [6.07, 6.45) is 8.75. The number of alkyl halides is 2. The van der Waals surface area contributed by atoms with Crippen LogP contribution < -0.4 is 0 Å². The summed E-state index contributed by atoms with van der Waals surface area (Å²) in [5.41, 5.74) is 0. The first-order valence-electron chi connectivity index (χ1n) is 5.05. The molecule has 0 nitrogen and oxygen atoms in total. The maximum absolute atomic E-state index is 3.77. The summed E-state index contributed by atoms with van der Waals surface area (Å²) in [5.74, 6) is 2.08. The topological polar surface area (TPSA) is 0 Å². The van der Waals surface area contributed by atoms with Crippen LogP contribution in [0.5, 0.6) is 0 Å². The summed E-state index contributed by atoms with van der Waals surface area (Å²) >= 11 is 7.54. The average molecular weight is 296 g/mol. The van der Waals surface area contributed by atoms with E-state index in [1.165, 1.54) is 38.5 Å². The monoisotopic (exact) mass is 294 g/mol. The zero-order chi connectivity index (χ0) is 8.55. The summed E-state index contributed by atoms with van der Waals surface area (Å²) in [6, 6.07) is 0. The van der Waals surface area contributed by atoms with Crippen molar-refractivity contribution in [1.29, 1.82) is 0 Å². The molecular weight excluding hydrogens is 280 g/mol. The fourth-order valence-electron chi connectivity index (χ4n) is 2.78. The van der Waals surface area contributed by atoms with Crippen LogP contribution in [0.4, 0.5) is 0 Å². The molecule has 2 aliphatic rings. The molecule has 0 spiro atoms. The maximum Gasteiger partial charge on any atom is 0.0273 e. The van der Waals surface area contributed by atoms with Gasteiger partial charge in [-0.25, -0.2) is 0 Å². The summed E-state index contributed by atoms with van der Waals surface area (Å²) in [4.78, 5) is 1.47. The van der Waals surface area contributed by atoms with Gasteiger partial charge in [0.05, 0.1) is 0 Å². The van der Waals surface area contributed by atoms with E-state index >= 15 is 0 Å². The van der Waals surface area contributed by atoms with Crippen LogP contribution in [0, 0.1) is 11.8 Å². The number of halogens is 2. The average Bonchev–Trinajstić information content (AvgIpc) is 2.07. The molecule has 0 aromatic carbocycles. The Kier molecular flexibility index (Phi) is 3.17. The molecule has 2 rings (SSSR count). The molecule has 2 saturated carbocycles. The van der Waals surface area contributed by atoms with E-state index in [0.29, 0.717) is 0 Å². The molecule has 2 heteroatoms. The molecule has 2 aliphatic carbocycles. The van der Waals surface area contributed by atoms with Crippen molar-refractivity contribution >= 4 is 31.9 Å². The summed E-state index contributed by atoms with van der Waals surface area (Å²) in [6.45, 7) is 0. The molecule has 4 atom stereocenters. The third-order valence-electron chi connectivity index (χ3n) is 3.51. The van der Waals surface area contributed by atoms with Gasteiger partial charge in [-0.2, -0.15) is 0 Å². The van der Waals surface area contributed by atoms with Crippen molar-refractivity contribution in [1.82, 2.24) is 0 Å². The van der Waals surface area contributed by atoms with Gasteiger partial charge in [-0.1, -0.05) is 57.5 Å². The number of hydrogen-bond acceptors (Lipinski definition) is 0. The van der Waals surface area contributed by atoms with E-state index in [0.717, 1.165) is 21.5 Å². The van der Waals surface area contributed by atoms with Crippen molar-refractivity contribution in [2.75, 3.05) is 0 Å². The van der Waals surface area contributed by atoms with E-state index in [-0.39, 0.29) is 0 Å². The Balaban J connectivity index is 1.98. The SMILES string of the molecule is BrC1CC2CCCCC2CC1Br. The largest absolute Gasteiger partial charge is 0.0878 e. The Hall–Kier alpha value is 0.960. The Morgan fingerprint density at radius 3 is 1.58 bits per heavy atom. The highest BCUT2D eigenvalue weighted by Gasteiger charge is 2.35. The third-order valence-corrected chi connectivity index (χ3v) is 6.25. The lowest BCUT2D eigenvalue weighted by molar-refractivity contribution is 0.181. The van der Waals surface area contributed by atoms with Crippen LogP contribution in [0.3, 0.4) is 0 Å². The number of fused-ring (bicyclic) bond motifs is 1. The molecule has 70 valence electrons. The van der Waals surface area contributed by atoms with Crippen molar-refractivity contribution in [3.05, 3.63) is 0 Å². The second-order valence-electron chi connectivity index (χ2n) is 4.31. The van der Waals surface area contributed by atoms with Gasteiger partial charge in [-0.3, -0.25) is 0 Å². The fraction of sp³-hybridized carbons (Fsp3) is 1.00. The molecule has 0 aliphatic heterocycles. The van der Waals surface area contributed by atoms with Crippen molar-refractivity contribution < 1.29 is 0 Å². The van der Waals surface area contributed by atoms with Gasteiger partial charge in [-0.05, 0) is 24.7 Å². The van der Waals surface area contributed by atoms with Crippen LogP contribution >= 0.6 is 31.9 Å². The molecule has 0 aromatic rings. The Morgan fingerprint density at radius 2 is 1.17 bits per heavy atom. The van der Waals surface area contributed by atoms with Gasteiger partial charge in [0.2, 0.25) is 0 Å². The molecule has 12 heavy (non-hydrogen) atoms. The highest BCUT2D eigenvalue weighted by Crippen LogP contribution is 2.44. The zero-order valence-electron chi connectivity index (χ0n) is 7.31. The predicted molar refractivity (Wildman–Crippen MR) is 60.1 cm³/mol. The minimum Gasteiger partial charge on any atom is -0.0878 e. The van der Waals surface area contributed by atoms with Crippen molar-refractivity contribution in [3.8, 4) is 0 Å². The molecule has 0 saturated heterocycles. The van der Waals surface area contributed by atoms with Crippen LogP contribution in [0.1, 0.15) is 38.5 Å². The lowest BCUT2D eigenvalue weighted by atomic mass is 9.71. The molecule has 4 unspecified atom stereocenters. The normalized spacial score (nSPS) is 48.5. The van der Waals surface area contributed by atoms with Gasteiger partial charge < -0.3 is 0 Å². The molecule has 2 fully saturated rings. The Labute approximate surface area is 91.7 Å². The maximum atomic E-state index is 3.77. The van der Waals surface area contributed by atoms with E-state index in [9.17, 15) is 0 Å². The van der Waals surface area contributed by atoms with E-state index in [1.807, 2.05) is 0 Å². The zero-order valence-corrected chi connectivity index (χ0v) is 10.5. The van der Waals surface area contributed by atoms with Crippen molar-refractivity contribution in [3.63, 3.8) is 0 Å². The first-order valence-corrected chi connectivity index (χ1v) is 6.88. The molecule has 0 amide bonds. The standard InChI is InChI=1S/C10H16Br2/c11-9-5-7-3-1-2-4-8(7)6-10(9)12/h7-10H,1-6H2. The second-order valence-corrected chi connectivity index (χ2v) is 6.66. The predicted octanol–water partition coefficient (Wildman–Crippen LogP) is 4.11. The highest BCUT2D eigenvalue weighted by molar-refractivity contribution is 9.12. The van der Waals surface area contributed by atoms with Gasteiger partial charge in [-0.15, -0.1) is 0 Å². The molecule has 0 radical (unpaired) electrons. The first-order chi connectivity index (χ1) is 5.77. The van der Waals surface area contributed by atoms with Gasteiger partial charge >= 0.3 is 0 Å². The van der Waals surface area contributed by atoms with Gasteiger partial charge in [0.25, 0.3) is 0 Å². The highest BCUT2D eigenvalue weighted by atomic mass is 79.9. The van der Waals surface area contributed by atoms with Crippen molar-refractivity contribution in [2.45, 2.75) is 48.2 Å².